The number of aryl methyl sites for hydroxylation is 1. The van der Waals surface area contributed by atoms with Gasteiger partial charge < -0.3 is 20.1 Å². The molecule has 1 unspecified atom stereocenters. The van der Waals surface area contributed by atoms with E-state index in [4.69, 9.17) is 15.2 Å². The number of rotatable bonds is 6. The van der Waals surface area contributed by atoms with E-state index < -0.39 is 0 Å². The highest BCUT2D eigenvalue weighted by Gasteiger charge is 2.27. The molecule has 1 aromatic rings. The molecular weight excluding hydrogens is 252 g/mol. The number of nitrogens with two attached hydrogens (primary N) is 1. The van der Waals surface area contributed by atoms with Crippen LogP contribution in [0, 0.1) is 12.8 Å². The quantitative estimate of drug-likeness (QED) is 0.810. The molecule has 0 saturated heterocycles. The maximum Gasteiger partial charge on any atom is 0.143 e. The topological polar surface area (TPSA) is 47.7 Å². The highest BCUT2D eigenvalue weighted by molar-refractivity contribution is 5.61. The van der Waals surface area contributed by atoms with Crippen LogP contribution in [0.25, 0.3) is 0 Å². The van der Waals surface area contributed by atoms with Crippen LogP contribution >= 0.6 is 0 Å². The van der Waals surface area contributed by atoms with Crippen LogP contribution in [0.2, 0.25) is 0 Å². The van der Waals surface area contributed by atoms with Gasteiger partial charge in [-0.05, 0) is 30.5 Å². The van der Waals surface area contributed by atoms with Gasteiger partial charge in [0, 0.05) is 13.1 Å². The lowest BCUT2D eigenvalue weighted by Crippen LogP contribution is -2.44. The van der Waals surface area contributed by atoms with Gasteiger partial charge in [-0.15, -0.1) is 0 Å². The van der Waals surface area contributed by atoms with Crippen molar-refractivity contribution in [3.63, 3.8) is 0 Å². The van der Waals surface area contributed by atoms with E-state index in [1.807, 2.05) is 0 Å². The predicted octanol–water partition coefficient (Wildman–Crippen LogP) is 2.19. The number of anilines is 1. The average Bonchev–Trinajstić information content (AvgIpc) is 2.43. The summed E-state index contributed by atoms with van der Waals surface area (Å²) in [5.41, 5.74) is 7.88. The Hall–Kier alpha value is -1.26. The third kappa shape index (κ3) is 3.64. The second-order valence-corrected chi connectivity index (χ2v) is 5.72. The SMILES string of the molecule is Cc1ccc2c(c1)N(CCOCCN)CC(C(C)C)O2. The van der Waals surface area contributed by atoms with Crippen LogP contribution < -0.4 is 15.4 Å². The Morgan fingerprint density at radius 1 is 1.40 bits per heavy atom. The zero-order chi connectivity index (χ0) is 14.5. The van der Waals surface area contributed by atoms with Gasteiger partial charge in [0.05, 0.1) is 25.4 Å². The molecule has 1 heterocycles. The third-order valence-electron chi connectivity index (χ3n) is 3.65. The highest BCUT2D eigenvalue weighted by Crippen LogP contribution is 2.35. The van der Waals surface area contributed by atoms with Crippen molar-refractivity contribution in [1.82, 2.24) is 0 Å². The molecule has 1 aliphatic rings. The lowest BCUT2D eigenvalue weighted by Gasteiger charge is -2.38. The van der Waals surface area contributed by atoms with Crippen molar-refractivity contribution < 1.29 is 9.47 Å². The molecule has 0 amide bonds. The molecule has 4 nitrogen and oxygen atoms in total. The van der Waals surface area contributed by atoms with Crippen molar-refractivity contribution in [3.05, 3.63) is 23.8 Å². The molecule has 0 spiro atoms. The van der Waals surface area contributed by atoms with Crippen LogP contribution in [0.15, 0.2) is 18.2 Å². The van der Waals surface area contributed by atoms with Gasteiger partial charge in [-0.1, -0.05) is 19.9 Å². The summed E-state index contributed by atoms with van der Waals surface area (Å²) in [6.45, 7) is 10.2. The molecule has 0 bridgehead atoms. The van der Waals surface area contributed by atoms with Gasteiger partial charge in [0.15, 0.2) is 0 Å². The van der Waals surface area contributed by atoms with E-state index in [0.29, 0.717) is 25.7 Å². The van der Waals surface area contributed by atoms with E-state index in [-0.39, 0.29) is 6.10 Å². The fourth-order valence-corrected chi connectivity index (χ4v) is 2.41. The normalized spacial score (nSPS) is 18.1. The van der Waals surface area contributed by atoms with Crippen LogP contribution in [0.3, 0.4) is 0 Å². The molecule has 0 fully saturated rings. The lowest BCUT2D eigenvalue weighted by atomic mass is 10.0. The molecule has 1 atom stereocenters. The van der Waals surface area contributed by atoms with Crippen molar-refractivity contribution >= 4 is 5.69 Å². The van der Waals surface area contributed by atoms with Crippen LogP contribution in [-0.4, -0.2) is 39.0 Å². The zero-order valence-electron chi connectivity index (χ0n) is 12.8. The molecule has 2 rings (SSSR count). The number of benzene rings is 1. The number of hydrogen-bond donors (Lipinski definition) is 1. The molecule has 112 valence electrons. The van der Waals surface area contributed by atoms with Crippen LogP contribution in [-0.2, 0) is 4.74 Å². The van der Waals surface area contributed by atoms with Crippen molar-refractivity contribution in [2.75, 3.05) is 37.7 Å². The van der Waals surface area contributed by atoms with Gasteiger partial charge >= 0.3 is 0 Å². The first-order valence-corrected chi connectivity index (χ1v) is 7.42. The Kier molecular flexibility index (Phi) is 5.26. The Balaban J connectivity index is 2.10. The second kappa shape index (κ2) is 6.95. The van der Waals surface area contributed by atoms with Crippen molar-refractivity contribution in [3.8, 4) is 5.75 Å². The maximum absolute atomic E-state index is 6.10. The van der Waals surface area contributed by atoms with Gasteiger partial charge in [-0.25, -0.2) is 0 Å². The minimum atomic E-state index is 0.236. The smallest absolute Gasteiger partial charge is 0.143 e. The van der Waals surface area contributed by atoms with E-state index in [9.17, 15) is 0 Å². The van der Waals surface area contributed by atoms with Crippen molar-refractivity contribution in [2.45, 2.75) is 26.9 Å². The first kappa shape index (κ1) is 15.1. The molecule has 0 saturated carbocycles. The Morgan fingerprint density at radius 3 is 2.90 bits per heavy atom. The van der Waals surface area contributed by atoms with Crippen molar-refractivity contribution in [1.29, 1.82) is 0 Å². The summed E-state index contributed by atoms with van der Waals surface area (Å²) in [5, 5.41) is 0. The molecule has 0 radical (unpaired) electrons. The number of nitrogens with zero attached hydrogens (tertiary/aromatic N) is 1. The van der Waals surface area contributed by atoms with Crippen LogP contribution in [0.5, 0.6) is 5.75 Å². The second-order valence-electron chi connectivity index (χ2n) is 5.72. The monoisotopic (exact) mass is 278 g/mol. The van der Waals surface area contributed by atoms with Gasteiger partial charge in [0.25, 0.3) is 0 Å². The highest BCUT2D eigenvalue weighted by atomic mass is 16.5. The molecule has 2 N–H and O–H groups in total. The predicted molar refractivity (Wildman–Crippen MR) is 82.5 cm³/mol. The Bertz CT molecular complexity index is 434. The number of ether oxygens (including phenoxy) is 2. The third-order valence-corrected chi connectivity index (χ3v) is 3.65. The largest absolute Gasteiger partial charge is 0.486 e. The fourth-order valence-electron chi connectivity index (χ4n) is 2.41. The molecule has 0 aliphatic carbocycles. The number of hydrogen-bond acceptors (Lipinski definition) is 4. The molecule has 20 heavy (non-hydrogen) atoms. The average molecular weight is 278 g/mol. The Morgan fingerprint density at radius 2 is 2.20 bits per heavy atom. The zero-order valence-corrected chi connectivity index (χ0v) is 12.8. The van der Waals surface area contributed by atoms with Gasteiger partial charge in [0.2, 0.25) is 0 Å². The lowest BCUT2D eigenvalue weighted by molar-refractivity contribution is 0.127. The fraction of sp³-hybridized carbons (Fsp3) is 0.625. The first-order chi connectivity index (χ1) is 9.61. The maximum atomic E-state index is 6.10. The first-order valence-electron chi connectivity index (χ1n) is 7.42. The molecule has 1 aromatic carbocycles. The molecular formula is C16H26N2O2. The number of fused-ring (bicyclic) bond motifs is 1. The van der Waals surface area contributed by atoms with Gasteiger partial charge in [-0.2, -0.15) is 0 Å². The molecule has 4 heteroatoms. The van der Waals surface area contributed by atoms with E-state index in [1.54, 1.807) is 0 Å². The summed E-state index contributed by atoms with van der Waals surface area (Å²) < 4.78 is 11.6. The van der Waals surface area contributed by atoms with E-state index >= 15 is 0 Å². The minimum Gasteiger partial charge on any atom is -0.486 e. The molecule has 1 aliphatic heterocycles. The van der Waals surface area contributed by atoms with E-state index in [1.165, 1.54) is 11.3 Å². The van der Waals surface area contributed by atoms with Gasteiger partial charge in [-0.3, -0.25) is 0 Å². The standard InChI is InChI=1S/C16H26N2O2/c1-12(2)16-11-18(7-9-19-8-6-17)14-10-13(3)4-5-15(14)20-16/h4-5,10,12,16H,6-9,11,17H2,1-3H3. The molecule has 0 aromatic heterocycles. The summed E-state index contributed by atoms with van der Waals surface area (Å²) in [6, 6.07) is 6.37. The summed E-state index contributed by atoms with van der Waals surface area (Å²) in [7, 11) is 0. The summed E-state index contributed by atoms with van der Waals surface area (Å²) in [6.07, 6.45) is 0.236. The van der Waals surface area contributed by atoms with Crippen LogP contribution in [0.1, 0.15) is 19.4 Å². The summed E-state index contributed by atoms with van der Waals surface area (Å²) in [5.74, 6) is 1.48. The minimum absolute atomic E-state index is 0.236. The van der Waals surface area contributed by atoms with Crippen molar-refractivity contribution in [2.24, 2.45) is 11.7 Å². The van der Waals surface area contributed by atoms with E-state index in [0.717, 1.165) is 18.8 Å². The Labute approximate surface area is 121 Å². The van der Waals surface area contributed by atoms with Gasteiger partial charge in [0.1, 0.15) is 11.9 Å². The van der Waals surface area contributed by atoms with Crippen LogP contribution in [0.4, 0.5) is 5.69 Å². The van der Waals surface area contributed by atoms with E-state index in [2.05, 4.69) is 43.9 Å². The summed E-state index contributed by atoms with van der Waals surface area (Å²) in [4.78, 5) is 2.37. The summed E-state index contributed by atoms with van der Waals surface area (Å²) >= 11 is 0.